The minimum Gasteiger partial charge on any atom is -0.492 e. The molecule has 2 aliphatic heterocycles. The summed E-state index contributed by atoms with van der Waals surface area (Å²) in [6.45, 7) is 0.969. The molecule has 0 fully saturated rings. The molecule has 24 heavy (non-hydrogen) atoms. The Hall–Kier alpha value is -2.89. The lowest BCUT2D eigenvalue weighted by Crippen LogP contribution is -2.07. The van der Waals surface area contributed by atoms with Gasteiger partial charge in [0.2, 0.25) is 6.79 Å². The monoisotopic (exact) mass is 328 g/mol. The van der Waals surface area contributed by atoms with Crippen LogP contribution >= 0.6 is 0 Å². The van der Waals surface area contributed by atoms with Crippen molar-refractivity contribution in [3.63, 3.8) is 0 Å². The number of aliphatic carboxylic acids is 1. The lowest BCUT2D eigenvalue weighted by Gasteiger charge is -2.10. The molecule has 0 radical (unpaired) electrons. The van der Waals surface area contributed by atoms with E-state index in [0.717, 1.165) is 22.6 Å². The zero-order valence-electron chi connectivity index (χ0n) is 12.9. The summed E-state index contributed by atoms with van der Waals surface area (Å²) in [6, 6.07) is 11.2. The lowest BCUT2D eigenvalue weighted by molar-refractivity contribution is -0.137. The van der Waals surface area contributed by atoms with Crippen LogP contribution in [0.4, 0.5) is 0 Å². The van der Waals surface area contributed by atoms with Crippen molar-refractivity contribution in [2.24, 2.45) is 0 Å². The highest BCUT2D eigenvalue weighted by molar-refractivity contribution is 5.68. The largest absolute Gasteiger partial charge is 0.492 e. The normalized spacial score (nSPS) is 17.2. The number of rotatable bonds is 5. The number of carboxylic acids is 1. The van der Waals surface area contributed by atoms with Gasteiger partial charge in [-0.25, -0.2) is 0 Å². The van der Waals surface area contributed by atoms with Gasteiger partial charge in [-0.2, -0.15) is 0 Å². The van der Waals surface area contributed by atoms with E-state index >= 15 is 0 Å². The average molecular weight is 328 g/mol. The zero-order chi connectivity index (χ0) is 16.5. The molecule has 0 aliphatic carbocycles. The predicted molar refractivity (Wildman–Crippen MR) is 83.8 cm³/mol. The van der Waals surface area contributed by atoms with Gasteiger partial charge in [-0.1, -0.05) is 18.2 Å². The van der Waals surface area contributed by atoms with E-state index in [1.807, 2.05) is 30.3 Å². The summed E-state index contributed by atoms with van der Waals surface area (Å²) in [7, 11) is 0. The van der Waals surface area contributed by atoms with E-state index < -0.39 is 5.97 Å². The second-order valence-corrected chi connectivity index (χ2v) is 5.75. The van der Waals surface area contributed by atoms with Crippen LogP contribution in [0.3, 0.4) is 0 Å². The first-order valence-corrected chi connectivity index (χ1v) is 7.69. The number of hydrogen-bond donors (Lipinski definition) is 1. The standard InChI is InChI=1S/C18H16O6/c19-17(20)6-12-9-22-16-7-13(4-5-14(12)16)21-8-11-2-1-3-15-18(11)24-10-23-15/h1-5,7,12H,6,8-10H2,(H,19,20). The van der Waals surface area contributed by atoms with Gasteiger partial charge >= 0.3 is 5.97 Å². The summed E-state index contributed by atoms with van der Waals surface area (Å²) in [4.78, 5) is 10.9. The lowest BCUT2D eigenvalue weighted by atomic mass is 9.98. The summed E-state index contributed by atoms with van der Waals surface area (Å²) >= 11 is 0. The van der Waals surface area contributed by atoms with Gasteiger partial charge in [-0.3, -0.25) is 4.79 Å². The van der Waals surface area contributed by atoms with Crippen molar-refractivity contribution in [3.05, 3.63) is 47.5 Å². The maximum Gasteiger partial charge on any atom is 0.304 e. The minimum atomic E-state index is -0.822. The molecule has 2 aromatic rings. The number of para-hydroxylation sites is 1. The van der Waals surface area contributed by atoms with Crippen molar-refractivity contribution in [3.8, 4) is 23.0 Å². The van der Waals surface area contributed by atoms with Gasteiger partial charge in [0, 0.05) is 23.1 Å². The summed E-state index contributed by atoms with van der Waals surface area (Å²) in [5, 5.41) is 8.94. The molecule has 1 N–H and O–H groups in total. The van der Waals surface area contributed by atoms with Crippen LogP contribution < -0.4 is 18.9 Å². The topological polar surface area (TPSA) is 74.2 Å². The van der Waals surface area contributed by atoms with Gasteiger partial charge in [0.15, 0.2) is 11.5 Å². The molecule has 6 nitrogen and oxygen atoms in total. The third-order valence-electron chi connectivity index (χ3n) is 4.16. The molecule has 0 amide bonds. The van der Waals surface area contributed by atoms with Crippen LogP contribution in [0.25, 0.3) is 0 Å². The van der Waals surface area contributed by atoms with Crippen molar-refractivity contribution >= 4 is 5.97 Å². The summed E-state index contributed by atoms with van der Waals surface area (Å²) in [5.41, 5.74) is 1.83. The first kappa shape index (κ1) is 14.7. The van der Waals surface area contributed by atoms with Gasteiger partial charge in [-0.05, 0) is 12.1 Å². The van der Waals surface area contributed by atoms with Gasteiger partial charge in [0.05, 0.1) is 13.0 Å². The molecule has 0 aromatic heterocycles. The first-order chi connectivity index (χ1) is 11.7. The maximum absolute atomic E-state index is 10.9. The van der Waals surface area contributed by atoms with Gasteiger partial charge < -0.3 is 24.1 Å². The number of ether oxygens (including phenoxy) is 4. The summed E-state index contributed by atoms with van der Waals surface area (Å²) in [6.07, 6.45) is 0.0701. The molecule has 2 heterocycles. The number of benzene rings is 2. The highest BCUT2D eigenvalue weighted by Crippen LogP contribution is 2.39. The van der Waals surface area contributed by atoms with Crippen molar-refractivity contribution < 1.29 is 28.8 Å². The average Bonchev–Trinajstić information content (AvgIpc) is 3.19. The molecule has 2 aromatic carbocycles. The molecule has 0 spiro atoms. The van der Waals surface area contributed by atoms with Crippen LogP contribution in [-0.4, -0.2) is 24.5 Å². The number of fused-ring (bicyclic) bond motifs is 2. The minimum absolute atomic E-state index is 0.0701. The van der Waals surface area contributed by atoms with E-state index in [1.165, 1.54) is 0 Å². The van der Waals surface area contributed by atoms with Crippen LogP contribution in [0.2, 0.25) is 0 Å². The quantitative estimate of drug-likeness (QED) is 0.909. The fourth-order valence-corrected chi connectivity index (χ4v) is 2.99. The second-order valence-electron chi connectivity index (χ2n) is 5.75. The Balaban J connectivity index is 1.47. The fourth-order valence-electron chi connectivity index (χ4n) is 2.99. The third kappa shape index (κ3) is 2.71. The van der Waals surface area contributed by atoms with E-state index in [2.05, 4.69) is 0 Å². The van der Waals surface area contributed by atoms with Crippen molar-refractivity contribution in [2.45, 2.75) is 18.9 Å². The Morgan fingerprint density at radius 1 is 1.17 bits per heavy atom. The molecule has 6 heteroatoms. The van der Waals surface area contributed by atoms with E-state index in [0.29, 0.717) is 24.7 Å². The van der Waals surface area contributed by atoms with E-state index in [-0.39, 0.29) is 19.1 Å². The Morgan fingerprint density at radius 3 is 2.96 bits per heavy atom. The highest BCUT2D eigenvalue weighted by Gasteiger charge is 2.26. The van der Waals surface area contributed by atoms with Crippen molar-refractivity contribution in [1.29, 1.82) is 0 Å². The Labute approximate surface area is 138 Å². The highest BCUT2D eigenvalue weighted by atomic mass is 16.7. The molecule has 124 valence electrons. The molecular weight excluding hydrogens is 312 g/mol. The van der Waals surface area contributed by atoms with Crippen LogP contribution in [0.15, 0.2) is 36.4 Å². The molecule has 1 unspecified atom stereocenters. The number of hydrogen-bond acceptors (Lipinski definition) is 5. The van der Waals surface area contributed by atoms with Gasteiger partial charge in [0.25, 0.3) is 0 Å². The van der Waals surface area contributed by atoms with Crippen LogP contribution in [-0.2, 0) is 11.4 Å². The van der Waals surface area contributed by atoms with Gasteiger partial charge in [0.1, 0.15) is 18.1 Å². The molecule has 0 bridgehead atoms. The fraction of sp³-hybridized carbons (Fsp3) is 0.278. The smallest absolute Gasteiger partial charge is 0.304 e. The molecular formula is C18H16O6. The van der Waals surface area contributed by atoms with Crippen LogP contribution in [0.1, 0.15) is 23.5 Å². The third-order valence-corrected chi connectivity index (χ3v) is 4.16. The molecule has 0 saturated heterocycles. The van der Waals surface area contributed by atoms with Crippen molar-refractivity contribution in [2.75, 3.05) is 13.4 Å². The van der Waals surface area contributed by atoms with E-state index in [9.17, 15) is 4.79 Å². The van der Waals surface area contributed by atoms with Crippen molar-refractivity contribution in [1.82, 2.24) is 0 Å². The maximum atomic E-state index is 10.9. The molecule has 0 saturated carbocycles. The second kappa shape index (κ2) is 5.96. The molecule has 2 aliphatic rings. The Morgan fingerprint density at radius 2 is 2.08 bits per heavy atom. The van der Waals surface area contributed by atoms with Crippen LogP contribution in [0.5, 0.6) is 23.0 Å². The molecule has 4 rings (SSSR count). The number of carbonyl (C=O) groups is 1. The van der Waals surface area contributed by atoms with Crippen LogP contribution in [0, 0.1) is 0 Å². The Bertz CT molecular complexity index is 785. The zero-order valence-corrected chi connectivity index (χ0v) is 12.9. The predicted octanol–water partition coefficient (Wildman–Crippen LogP) is 2.95. The first-order valence-electron chi connectivity index (χ1n) is 7.69. The summed E-state index contributed by atoms with van der Waals surface area (Å²) in [5.74, 6) is 1.88. The Kier molecular flexibility index (Phi) is 3.65. The molecule has 1 atom stereocenters. The van der Waals surface area contributed by atoms with Gasteiger partial charge in [-0.15, -0.1) is 0 Å². The summed E-state index contributed by atoms with van der Waals surface area (Å²) < 4.78 is 22.2. The van der Waals surface area contributed by atoms with E-state index in [4.69, 9.17) is 24.1 Å². The van der Waals surface area contributed by atoms with E-state index in [1.54, 1.807) is 6.07 Å². The number of carboxylic acid groups (broad SMARTS) is 1. The SMILES string of the molecule is O=C(O)CC1COc2cc(OCc3cccc4c3OCO4)ccc21.